The maximum Gasteiger partial charge on any atom is 0.472 e. The van der Waals surface area contributed by atoms with Gasteiger partial charge in [0.1, 0.15) is 42.7 Å². The number of allylic oxidation sites excluding steroid dienone is 4. The highest BCUT2D eigenvalue weighted by Gasteiger charge is 2.51. The maximum absolute atomic E-state index is 12.9. The van der Waals surface area contributed by atoms with Crippen molar-refractivity contribution >= 4 is 13.8 Å². The molecule has 0 aromatic carbocycles. The molecule has 396 valence electrons. The number of hydrogen-bond acceptors (Lipinski definition) is 11. The van der Waals surface area contributed by atoms with Gasteiger partial charge in [-0.15, -0.1) is 0 Å². The standard InChI is InChI=1S/C54H103O12P/c1-3-5-7-9-11-13-15-17-19-21-22-23-24-25-26-27-29-31-33-35-37-39-41-43-48(55)65-47(46-64-67(61,62)66-54-52(59)50(57)49(56)51(58)53(54)60)45-63-44-42-40-38-36-34-32-30-28-20-18-16-14-12-10-8-6-4-2/h20-22,28,47,49-54,56-60H,3-19,23-27,29-46H2,1-2H3,(H,61,62)/b22-21-,28-20-. The average molecular weight is 975 g/mol. The first-order chi connectivity index (χ1) is 32.5. The number of phosphoric acid groups is 1. The summed E-state index contributed by atoms with van der Waals surface area (Å²) in [6.45, 7) is 4.29. The monoisotopic (exact) mass is 975 g/mol. The van der Waals surface area contributed by atoms with Gasteiger partial charge in [-0.05, 0) is 64.2 Å². The van der Waals surface area contributed by atoms with E-state index in [1.54, 1.807) is 0 Å². The second kappa shape index (κ2) is 44.7. The zero-order chi connectivity index (χ0) is 49.1. The van der Waals surface area contributed by atoms with Crippen molar-refractivity contribution in [3.63, 3.8) is 0 Å². The van der Waals surface area contributed by atoms with Crippen LogP contribution in [0.5, 0.6) is 0 Å². The molecule has 13 heteroatoms. The Hall–Kier alpha value is -1.18. The Labute approximate surface area is 409 Å². The summed E-state index contributed by atoms with van der Waals surface area (Å²) in [7, 11) is -5.02. The van der Waals surface area contributed by atoms with E-state index in [1.807, 2.05) is 0 Å². The summed E-state index contributed by atoms with van der Waals surface area (Å²) in [6, 6.07) is 0. The molecule has 0 spiro atoms. The molecule has 6 N–H and O–H groups in total. The predicted molar refractivity (Wildman–Crippen MR) is 272 cm³/mol. The Morgan fingerprint density at radius 3 is 1.18 bits per heavy atom. The lowest BCUT2D eigenvalue weighted by Gasteiger charge is -2.41. The van der Waals surface area contributed by atoms with Gasteiger partial charge in [-0.3, -0.25) is 13.8 Å². The Bertz CT molecular complexity index is 1200. The second-order valence-corrected chi connectivity index (χ2v) is 20.8. The van der Waals surface area contributed by atoms with E-state index in [1.165, 1.54) is 173 Å². The fraction of sp³-hybridized carbons (Fsp3) is 0.907. The number of aliphatic hydroxyl groups excluding tert-OH is 5. The molecule has 0 bridgehead atoms. The summed E-state index contributed by atoms with van der Waals surface area (Å²) in [6.07, 6.45) is 41.0. The largest absolute Gasteiger partial charge is 0.472 e. The van der Waals surface area contributed by atoms with Gasteiger partial charge in [0.05, 0.1) is 13.2 Å². The van der Waals surface area contributed by atoms with Crippen LogP contribution in [-0.4, -0.2) is 98.9 Å². The van der Waals surface area contributed by atoms with Crippen molar-refractivity contribution in [3.8, 4) is 0 Å². The fourth-order valence-electron chi connectivity index (χ4n) is 8.64. The predicted octanol–water partition coefficient (Wildman–Crippen LogP) is 12.8. The molecule has 0 aromatic heterocycles. The van der Waals surface area contributed by atoms with Crippen LogP contribution in [0.25, 0.3) is 0 Å². The van der Waals surface area contributed by atoms with Crippen molar-refractivity contribution < 1.29 is 58.3 Å². The first-order valence-corrected chi connectivity index (χ1v) is 29.2. The van der Waals surface area contributed by atoms with Crippen molar-refractivity contribution in [1.29, 1.82) is 0 Å². The number of carbonyl (C=O) groups excluding carboxylic acids is 1. The molecular formula is C54H103O12P. The molecule has 1 aliphatic carbocycles. The molecule has 0 aliphatic heterocycles. The molecule has 1 aliphatic rings. The molecule has 12 nitrogen and oxygen atoms in total. The molecule has 0 aromatic rings. The minimum Gasteiger partial charge on any atom is -0.457 e. The number of phosphoric ester groups is 1. The Kier molecular flexibility index (Phi) is 42.6. The lowest BCUT2D eigenvalue weighted by Crippen LogP contribution is -2.64. The lowest BCUT2D eigenvalue weighted by molar-refractivity contribution is -0.220. The SMILES string of the molecule is CCCCCCCCC/C=C\CCCCCCCCOCC(COP(=O)(O)OC1C(O)C(O)C(O)C(O)C1O)OC(=O)CCCCCCCCCCCCC/C=C\CCCCCCCCCC. The minimum atomic E-state index is -5.02. The molecular weight excluding hydrogens is 872 g/mol. The Morgan fingerprint density at radius 2 is 0.791 bits per heavy atom. The summed E-state index contributed by atoms with van der Waals surface area (Å²) < 4.78 is 34.3. The molecule has 0 saturated heterocycles. The van der Waals surface area contributed by atoms with E-state index >= 15 is 0 Å². The number of ether oxygens (including phenoxy) is 2. The van der Waals surface area contributed by atoms with Gasteiger partial charge in [0.25, 0.3) is 0 Å². The molecule has 0 amide bonds. The Balaban J connectivity index is 2.29. The summed E-state index contributed by atoms with van der Waals surface area (Å²) in [4.78, 5) is 23.3. The zero-order valence-electron chi connectivity index (χ0n) is 42.7. The quantitative estimate of drug-likeness (QED) is 0.0147. The van der Waals surface area contributed by atoms with Crippen LogP contribution in [0.3, 0.4) is 0 Å². The number of aliphatic hydroxyl groups is 5. The van der Waals surface area contributed by atoms with E-state index in [0.29, 0.717) is 13.0 Å². The van der Waals surface area contributed by atoms with Gasteiger partial charge in [-0.1, -0.05) is 205 Å². The van der Waals surface area contributed by atoms with Crippen molar-refractivity contribution in [2.45, 2.75) is 294 Å². The van der Waals surface area contributed by atoms with Crippen LogP contribution in [0, 0.1) is 0 Å². The molecule has 1 fully saturated rings. The number of unbranched alkanes of at least 4 members (excludes halogenated alkanes) is 32. The van der Waals surface area contributed by atoms with Gasteiger partial charge in [0.15, 0.2) is 0 Å². The molecule has 6 atom stereocenters. The van der Waals surface area contributed by atoms with Crippen LogP contribution < -0.4 is 0 Å². The highest BCUT2D eigenvalue weighted by atomic mass is 31.2. The first kappa shape index (κ1) is 63.8. The molecule has 0 radical (unpaired) electrons. The molecule has 67 heavy (non-hydrogen) atoms. The van der Waals surface area contributed by atoms with Crippen LogP contribution in [0.1, 0.15) is 251 Å². The van der Waals surface area contributed by atoms with Crippen molar-refractivity contribution in [2.24, 2.45) is 0 Å². The average Bonchev–Trinajstić information content (AvgIpc) is 3.31. The minimum absolute atomic E-state index is 0.0777. The van der Waals surface area contributed by atoms with Gasteiger partial charge in [-0.25, -0.2) is 4.57 Å². The molecule has 1 saturated carbocycles. The highest BCUT2D eigenvalue weighted by Crippen LogP contribution is 2.47. The van der Waals surface area contributed by atoms with E-state index < -0.39 is 63.1 Å². The number of rotatable bonds is 48. The number of esters is 1. The van der Waals surface area contributed by atoms with Crippen molar-refractivity contribution in [1.82, 2.24) is 0 Å². The van der Waals surface area contributed by atoms with Crippen LogP contribution in [-0.2, 0) is 27.9 Å². The van der Waals surface area contributed by atoms with Crippen LogP contribution in [0.4, 0.5) is 0 Å². The molecule has 1 rings (SSSR count). The summed E-state index contributed by atoms with van der Waals surface area (Å²) in [5.41, 5.74) is 0. The van der Waals surface area contributed by atoms with Crippen LogP contribution >= 0.6 is 7.82 Å². The van der Waals surface area contributed by atoms with E-state index in [9.17, 15) is 39.8 Å². The van der Waals surface area contributed by atoms with E-state index in [0.717, 1.165) is 51.4 Å². The highest BCUT2D eigenvalue weighted by molar-refractivity contribution is 7.47. The van der Waals surface area contributed by atoms with Crippen LogP contribution in [0.15, 0.2) is 24.3 Å². The second-order valence-electron chi connectivity index (χ2n) is 19.4. The van der Waals surface area contributed by atoms with Gasteiger partial charge in [0.2, 0.25) is 0 Å². The third-order valence-electron chi connectivity index (χ3n) is 13.0. The number of carbonyl (C=O) groups is 1. The summed E-state index contributed by atoms with van der Waals surface area (Å²) >= 11 is 0. The topological polar surface area (TPSA) is 192 Å². The van der Waals surface area contributed by atoms with E-state index in [4.69, 9.17) is 18.5 Å². The van der Waals surface area contributed by atoms with Crippen LogP contribution in [0.2, 0.25) is 0 Å². The molecule has 0 heterocycles. The lowest BCUT2D eigenvalue weighted by atomic mass is 9.85. The van der Waals surface area contributed by atoms with Crippen molar-refractivity contribution in [3.05, 3.63) is 24.3 Å². The third kappa shape index (κ3) is 36.4. The van der Waals surface area contributed by atoms with Crippen molar-refractivity contribution in [2.75, 3.05) is 19.8 Å². The van der Waals surface area contributed by atoms with Gasteiger partial charge >= 0.3 is 13.8 Å². The molecule has 6 unspecified atom stereocenters. The van der Waals surface area contributed by atoms with Gasteiger partial charge in [0, 0.05) is 13.0 Å². The zero-order valence-corrected chi connectivity index (χ0v) is 43.6. The van der Waals surface area contributed by atoms with E-state index in [2.05, 4.69) is 38.2 Å². The first-order valence-electron chi connectivity index (χ1n) is 27.7. The number of hydrogen-bond donors (Lipinski definition) is 6. The smallest absolute Gasteiger partial charge is 0.457 e. The van der Waals surface area contributed by atoms with Gasteiger partial charge < -0.3 is 39.9 Å². The normalized spacial score (nSPS) is 21.4. The maximum atomic E-state index is 12.9. The third-order valence-corrected chi connectivity index (χ3v) is 14.0. The van der Waals surface area contributed by atoms with Gasteiger partial charge in [-0.2, -0.15) is 0 Å². The fourth-order valence-corrected chi connectivity index (χ4v) is 9.61. The summed E-state index contributed by atoms with van der Waals surface area (Å²) in [5, 5.41) is 50.4. The Morgan fingerprint density at radius 1 is 0.463 bits per heavy atom. The van der Waals surface area contributed by atoms with E-state index in [-0.39, 0.29) is 13.0 Å². The summed E-state index contributed by atoms with van der Waals surface area (Å²) in [5.74, 6) is -0.476.